The number of carbonyl (C=O) groups is 2. The summed E-state index contributed by atoms with van der Waals surface area (Å²) in [6, 6.07) is -0.867. The van der Waals surface area contributed by atoms with Gasteiger partial charge in [-0.05, 0) is 67.4 Å². The predicted octanol–water partition coefficient (Wildman–Crippen LogP) is 3.10. The Morgan fingerprint density at radius 1 is 0.904 bits per heavy atom. The Hall–Kier alpha value is -1.10. The average molecular weight is 749 g/mol. The van der Waals surface area contributed by atoms with Crippen LogP contribution in [-0.4, -0.2) is 143 Å². The second-order valence-corrected chi connectivity index (χ2v) is 16.7. The molecule has 3 rings (SSSR count). The third-order valence-electron chi connectivity index (χ3n) is 12.7. The fraction of sp³-hybridized carbons (Fsp3) is 0.949. The van der Waals surface area contributed by atoms with Crippen molar-refractivity contribution >= 4 is 11.6 Å². The van der Waals surface area contributed by atoms with Gasteiger partial charge in [-0.15, -0.1) is 0 Å². The molecule has 2 heterocycles. The smallest absolute Gasteiger partial charge is 0.185 e. The molecule has 3 fully saturated rings. The number of carbonyl (C=O) groups excluding carboxylic acids is 2. The van der Waals surface area contributed by atoms with Crippen molar-refractivity contribution in [3.05, 3.63) is 0 Å². The molecule has 4 N–H and O–H groups in total. The van der Waals surface area contributed by atoms with Crippen LogP contribution < -0.4 is 0 Å². The van der Waals surface area contributed by atoms with Gasteiger partial charge in [0.05, 0.1) is 47.3 Å². The van der Waals surface area contributed by atoms with E-state index in [4.69, 9.17) is 32.5 Å². The lowest BCUT2D eigenvalue weighted by atomic mass is 9.69. The lowest BCUT2D eigenvalue weighted by molar-refractivity contribution is -0.318. The first-order valence-corrected chi connectivity index (χ1v) is 19.0. The SMILES string of the molecule is [2H]C([2H])([2H])N(C)[C@H]1C[C@@H](C)O[C@H](O[C@@H]2[C@@H](C)[C@H](O[C@H]3C[C@@](C)(OC)[C@@H](O)[C@H](C)O3)[C@@H](C)C(=O)C[C@H](CC)[C@@](C)(O)[C@H](O)[C@@H](C)C(=O)[C@H](C)C[C@@]2(C)OC)[C@H]1O. The Balaban J connectivity index is 2.24. The Bertz CT molecular complexity index is 1290. The molecule has 0 radical (unpaired) electrons. The fourth-order valence-electron chi connectivity index (χ4n) is 8.89. The molecule has 2 saturated heterocycles. The van der Waals surface area contributed by atoms with E-state index in [1.54, 1.807) is 48.5 Å². The van der Waals surface area contributed by atoms with Crippen LogP contribution in [0.3, 0.4) is 0 Å². The van der Waals surface area contributed by atoms with Gasteiger partial charge in [0.2, 0.25) is 0 Å². The molecule has 304 valence electrons. The van der Waals surface area contributed by atoms with Crippen molar-refractivity contribution in [1.29, 1.82) is 0 Å². The molecule has 1 saturated carbocycles. The van der Waals surface area contributed by atoms with Crippen LogP contribution in [0.1, 0.15) is 105 Å². The standard InChI is InChI=1S/C39H71NO12/c1-15-26-17-28(41)22(4)32(51-29-19-37(8,47-13)34(45)25(7)50-29)24(6)35(52-36-31(43)27(40(11)12)16-21(3)49-36)38(9,48-14)18-20(2)30(42)23(5)33(44)39(26,10)46/h20-27,29,31-36,43-46H,15-19H2,1-14H3/t20-,21-,22+,23+,24+,25+,26+,27+,29+,31+,32-,33-,34+,35-,36-,37-,38-,39-/m1/s1/i11D3. The van der Waals surface area contributed by atoms with Crippen molar-refractivity contribution in [3.63, 3.8) is 0 Å². The summed E-state index contributed by atoms with van der Waals surface area (Å²) in [5.41, 5.74) is -4.18. The summed E-state index contributed by atoms with van der Waals surface area (Å²) in [5, 5.41) is 46.0. The number of nitrogens with zero attached hydrogens (tertiary/aromatic N) is 1. The van der Waals surface area contributed by atoms with Crippen LogP contribution in [0.15, 0.2) is 0 Å². The van der Waals surface area contributed by atoms with E-state index in [9.17, 15) is 30.0 Å². The predicted molar refractivity (Wildman–Crippen MR) is 194 cm³/mol. The molecule has 1 aliphatic carbocycles. The number of aliphatic hydroxyl groups excluding tert-OH is 3. The lowest BCUT2D eigenvalue weighted by Crippen LogP contribution is -2.61. The molecular weight excluding hydrogens is 674 g/mol. The van der Waals surface area contributed by atoms with E-state index in [1.807, 2.05) is 13.8 Å². The Kier molecular flexibility index (Phi) is 13.9. The number of Topliss-reactive ketones (excluding diaryl/α,β-unsaturated/α-hetero) is 2. The third kappa shape index (κ3) is 9.46. The highest BCUT2D eigenvalue weighted by atomic mass is 16.7. The highest BCUT2D eigenvalue weighted by molar-refractivity contribution is 5.84. The summed E-state index contributed by atoms with van der Waals surface area (Å²) in [6.07, 6.45) is -8.89. The second-order valence-electron chi connectivity index (χ2n) is 16.7. The van der Waals surface area contributed by atoms with E-state index in [-0.39, 0.29) is 37.2 Å². The zero-order valence-electron chi connectivity index (χ0n) is 36.7. The van der Waals surface area contributed by atoms with Crippen molar-refractivity contribution in [2.24, 2.45) is 29.6 Å². The molecule has 0 bridgehead atoms. The van der Waals surface area contributed by atoms with E-state index < -0.39 is 115 Å². The topological polar surface area (TPSA) is 174 Å². The van der Waals surface area contributed by atoms with Gasteiger partial charge in [0.25, 0.3) is 0 Å². The van der Waals surface area contributed by atoms with Crippen molar-refractivity contribution in [2.45, 2.75) is 179 Å². The monoisotopic (exact) mass is 749 g/mol. The number of rotatable bonds is 8. The maximum absolute atomic E-state index is 14.4. The highest BCUT2D eigenvalue weighted by Crippen LogP contribution is 2.42. The summed E-state index contributed by atoms with van der Waals surface area (Å²) in [6.45, 7) is 14.5. The molecule has 0 aromatic rings. The summed E-state index contributed by atoms with van der Waals surface area (Å²) >= 11 is 0. The van der Waals surface area contributed by atoms with E-state index in [1.165, 1.54) is 28.2 Å². The summed E-state index contributed by atoms with van der Waals surface area (Å²) in [5.74, 6) is -4.68. The van der Waals surface area contributed by atoms with Gasteiger partial charge in [-0.25, -0.2) is 0 Å². The minimum atomic E-state index is -2.51. The molecule has 3 aliphatic rings. The molecule has 0 unspecified atom stereocenters. The molecule has 0 aromatic carbocycles. The van der Waals surface area contributed by atoms with Crippen LogP contribution in [-0.2, 0) is 38.0 Å². The van der Waals surface area contributed by atoms with Crippen LogP contribution >= 0.6 is 0 Å². The number of ether oxygens (including phenoxy) is 6. The van der Waals surface area contributed by atoms with Crippen LogP contribution in [0.4, 0.5) is 0 Å². The maximum Gasteiger partial charge on any atom is 0.185 e. The van der Waals surface area contributed by atoms with Crippen molar-refractivity contribution in [3.8, 4) is 0 Å². The number of hydrogen-bond donors (Lipinski definition) is 4. The average Bonchev–Trinajstić information content (AvgIpc) is 3.11. The Labute approximate surface area is 316 Å². The van der Waals surface area contributed by atoms with E-state index >= 15 is 0 Å². The summed E-state index contributed by atoms with van der Waals surface area (Å²) < 4.78 is 62.0. The first kappa shape index (κ1) is 40.6. The number of aliphatic hydroxyl groups is 4. The third-order valence-corrected chi connectivity index (χ3v) is 12.7. The van der Waals surface area contributed by atoms with Crippen LogP contribution in [0.25, 0.3) is 0 Å². The van der Waals surface area contributed by atoms with Gasteiger partial charge < -0.3 is 53.7 Å². The largest absolute Gasteiger partial charge is 0.389 e. The maximum atomic E-state index is 14.4. The van der Waals surface area contributed by atoms with Crippen molar-refractivity contribution < 1.29 is 62.5 Å². The molecule has 0 spiro atoms. The molecule has 18 atom stereocenters. The minimum Gasteiger partial charge on any atom is -0.389 e. The molecular formula is C39H71NO12. The van der Waals surface area contributed by atoms with Gasteiger partial charge >= 0.3 is 0 Å². The Morgan fingerprint density at radius 3 is 2.08 bits per heavy atom. The van der Waals surface area contributed by atoms with Gasteiger partial charge in [0.15, 0.2) is 12.6 Å². The summed E-state index contributed by atoms with van der Waals surface area (Å²) in [7, 11) is 4.37. The highest BCUT2D eigenvalue weighted by Gasteiger charge is 2.53. The van der Waals surface area contributed by atoms with Crippen molar-refractivity contribution in [1.82, 2.24) is 4.90 Å². The molecule has 13 heteroatoms. The van der Waals surface area contributed by atoms with E-state index in [0.29, 0.717) is 6.42 Å². The number of ketones is 2. The van der Waals surface area contributed by atoms with Gasteiger partial charge in [0.1, 0.15) is 23.8 Å². The molecule has 0 aromatic heterocycles. The zero-order chi connectivity index (χ0) is 42.2. The van der Waals surface area contributed by atoms with Crippen LogP contribution in [0, 0.1) is 29.6 Å². The van der Waals surface area contributed by atoms with E-state index in [0.717, 1.165) is 4.90 Å². The Morgan fingerprint density at radius 2 is 1.52 bits per heavy atom. The summed E-state index contributed by atoms with van der Waals surface area (Å²) in [4.78, 5) is 29.6. The number of methoxy groups -OCH3 is 2. The lowest BCUT2D eigenvalue weighted by Gasteiger charge is -2.50. The fourth-order valence-corrected chi connectivity index (χ4v) is 8.89. The molecule has 13 nitrogen and oxygen atoms in total. The van der Waals surface area contributed by atoms with Crippen molar-refractivity contribution in [2.75, 3.05) is 28.2 Å². The number of hydrogen-bond acceptors (Lipinski definition) is 13. The normalized spacial score (nSPS) is 50.3. The number of likely N-dealkylation sites (N-methyl/N-ethyl adjacent to an activating group) is 1. The molecule has 52 heavy (non-hydrogen) atoms. The minimum absolute atomic E-state index is 0.0463. The van der Waals surface area contributed by atoms with E-state index in [2.05, 4.69) is 0 Å². The first-order chi connectivity index (χ1) is 25.2. The second kappa shape index (κ2) is 17.8. The van der Waals surface area contributed by atoms with Gasteiger partial charge in [-0.3, -0.25) is 9.59 Å². The molecule has 0 amide bonds. The quantitative estimate of drug-likeness (QED) is 0.286. The zero-order valence-corrected chi connectivity index (χ0v) is 33.7. The first-order valence-electron chi connectivity index (χ1n) is 20.5. The molecule has 2 aliphatic heterocycles. The van der Waals surface area contributed by atoms with Gasteiger partial charge in [-0.1, -0.05) is 41.0 Å². The van der Waals surface area contributed by atoms with Gasteiger partial charge in [0, 0.05) is 60.9 Å². The van der Waals surface area contributed by atoms with Crippen LogP contribution in [0.5, 0.6) is 0 Å². The van der Waals surface area contributed by atoms with Gasteiger partial charge in [-0.2, -0.15) is 0 Å². The van der Waals surface area contributed by atoms with Crippen LogP contribution in [0.2, 0.25) is 0 Å².